The summed E-state index contributed by atoms with van der Waals surface area (Å²) in [6.45, 7) is 3.76. The zero-order valence-corrected chi connectivity index (χ0v) is 11.7. The SMILES string of the molecule is CCCNCc1sc2c(F)ccc(F)c2c1C1CC1. The highest BCUT2D eigenvalue weighted by Gasteiger charge is 2.31. The molecule has 2 aromatic rings. The Bertz CT molecular complexity index is 602. The number of benzene rings is 1. The molecular formula is C15H17F2NS. The third-order valence-corrected chi connectivity index (χ3v) is 4.77. The van der Waals surface area contributed by atoms with Crippen LogP contribution in [0.2, 0.25) is 0 Å². The summed E-state index contributed by atoms with van der Waals surface area (Å²) in [5.74, 6) is -0.148. The van der Waals surface area contributed by atoms with E-state index >= 15 is 0 Å². The molecular weight excluding hydrogens is 264 g/mol. The highest BCUT2D eigenvalue weighted by Crippen LogP contribution is 2.49. The summed E-state index contributed by atoms with van der Waals surface area (Å²) in [7, 11) is 0. The normalized spacial score (nSPS) is 15.3. The molecule has 1 N–H and O–H groups in total. The number of halogens is 2. The van der Waals surface area contributed by atoms with E-state index < -0.39 is 0 Å². The van der Waals surface area contributed by atoms with E-state index in [4.69, 9.17) is 0 Å². The van der Waals surface area contributed by atoms with E-state index in [1.807, 2.05) is 0 Å². The number of hydrogen-bond acceptors (Lipinski definition) is 2. The number of thiophene rings is 1. The van der Waals surface area contributed by atoms with Crippen LogP contribution in [0.15, 0.2) is 12.1 Å². The first-order chi connectivity index (χ1) is 9.22. The van der Waals surface area contributed by atoms with Crippen molar-refractivity contribution in [1.82, 2.24) is 5.32 Å². The van der Waals surface area contributed by atoms with Crippen molar-refractivity contribution in [2.24, 2.45) is 0 Å². The van der Waals surface area contributed by atoms with Gasteiger partial charge in [0.05, 0.1) is 4.70 Å². The van der Waals surface area contributed by atoms with Gasteiger partial charge in [-0.3, -0.25) is 0 Å². The largest absolute Gasteiger partial charge is 0.312 e. The lowest BCUT2D eigenvalue weighted by molar-refractivity contribution is 0.618. The van der Waals surface area contributed by atoms with Crippen LogP contribution >= 0.6 is 11.3 Å². The van der Waals surface area contributed by atoms with E-state index in [0.29, 0.717) is 16.0 Å². The lowest BCUT2D eigenvalue weighted by Crippen LogP contribution is -2.13. The van der Waals surface area contributed by atoms with Crippen LogP contribution in [0.3, 0.4) is 0 Å². The molecule has 4 heteroatoms. The lowest BCUT2D eigenvalue weighted by atomic mass is 10.1. The van der Waals surface area contributed by atoms with Gasteiger partial charge in [0.1, 0.15) is 11.6 Å². The summed E-state index contributed by atoms with van der Waals surface area (Å²) in [5, 5.41) is 3.87. The average molecular weight is 281 g/mol. The van der Waals surface area contributed by atoms with Crippen molar-refractivity contribution in [2.75, 3.05) is 6.54 Å². The number of nitrogens with one attached hydrogen (secondary N) is 1. The van der Waals surface area contributed by atoms with Gasteiger partial charge in [-0.25, -0.2) is 8.78 Å². The Balaban J connectivity index is 2.08. The second-order valence-electron chi connectivity index (χ2n) is 5.12. The highest BCUT2D eigenvalue weighted by atomic mass is 32.1. The Kier molecular flexibility index (Phi) is 3.54. The van der Waals surface area contributed by atoms with Crippen LogP contribution in [0.5, 0.6) is 0 Å². The van der Waals surface area contributed by atoms with Gasteiger partial charge in [-0.2, -0.15) is 0 Å². The van der Waals surface area contributed by atoms with Crippen LogP contribution < -0.4 is 5.32 Å². The Morgan fingerprint density at radius 1 is 1.26 bits per heavy atom. The van der Waals surface area contributed by atoms with E-state index in [1.54, 1.807) is 0 Å². The fourth-order valence-corrected chi connectivity index (χ4v) is 3.79. The molecule has 0 amide bonds. The quantitative estimate of drug-likeness (QED) is 0.792. The lowest BCUT2D eigenvalue weighted by Gasteiger charge is -2.04. The minimum atomic E-state index is -0.301. The van der Waals surface area contributed by atoms with E-state index in [9.17, 15) is 8.78 Å². The van der Waals surface area contributed by atoms with Gasteiger partial charge in [-0.05, 0) is 49.4 Å². The molecule has 0 atom stereocenters. The molecule has 1 heterocycles. The van der Waals surface area contributed by atoms with Gasteiger partial charge in [0.25, 0.3) is 0 Å². The molecule has 0 bridgehead atoms. The molecule has 1 aliphatic carbocycles. The Hall–Kier alpha value is -1.00. The van der Waals surface area contributed by atoms with E-state index in [-0.39, 0.29) is 11.6 Å². The molecule has 1 saturated carbocycles. The van der Waals surface area contributed by atoms with Crippen LogP contribution in [0.25, 0.3) is 10.1 Å². The van der Waals surface area contributed by atoms with Crippen molar-refractivity contribution >= 4 is 21.4 Å². The van der Waals surface area contributed by atoms with Gasteiger partial charge in [0.2, 0.25) is 0 Å². The van der Waals surface area contributed by atoms with Crippen molar-refractivity contribution in [2.45, 2.75) is 38.6 Å². The smallest absolute Gasteiger partial charge is 0.141 e. The van der Waals surface area contributed by atoms with E-state index in [0.717, 1.165) is 42.8 Å². The average Bonchev–Trinajstić information content (AvgIpc) is 3.16. The second-order valence-corrected chi connectivity index (χ2v) is 6.23. The predicted molar refractivity (Wildman–Crippen MR) is 75.7 cm³/mol. The van der Waals surface area contributed by atoms with Gasteiger partial charge in [0.15, 0.2) is 0 Å². The van der Waals surface area contributed by atoms with Gasteiger partial charge in [0, 0.05) is 16.8 Å². The summed E-state index contributed by atoms with van der Waals surface area (Å²) < 4.78 is 28.4. The van der Waals surface area contributed by atoms with Gasteiger partial charge < -0.3 is 5.32 Å². The monoisotopic (exact) mass is 281 g/mol. The molecule has 19 heavy (non-hydrogen) atoms. The van der Waals surface area contributed by atoms with Crippen molar-refractivity contribution in [3.05, 3.63) is 34.2 Å². The number of fused-ring (bicyclic) bond motifs is 1. The van der Waals surface area contributed by atoms with Crippen molar-refractivity contribution < 1.29 is 8.78 Å². The molecule has 0 saturated heterocycles. The maximum Gasteiger partial charge on any atom is 0.141 e. The fraction of sp³-hybridized carbons (Fsp3) is 0.467. The zero-order chi connectivity index (χ0) is 13.4. The Labute approximate surface area is 115 Å². The number of hydrogen-bond donors (Lipinski definition) is 1. The Morgan fingerprint density at radius 3 is 2.68 bits per heavy atom. The Morgan fingerprint density at radius 2 is 2.00 bits per heavy atom. The summed E-state index contributed by atoms with van der Waals surface area (Å²) in [6.07, 6.45) is 3.26. The van der Waals surface area contributed by atoms with Crippen LogP contribution in [0.4, 0.5) is 8.78 Å². The van der Waals surface area contributed by atoms with Gasteiger partial charge >= 0.3 is 0 Å². The minimum absolute atomic E-state index is 0.281. The molecule has 0 aliphatic heterocycles. The molecule has 102 valence electrons. The first kappa shape index (κ1) is 13.0. The van der Waals surface area contributed by atoms with Crippen molar-refractivity contribution in [1.29, 1.82) is 0 Å². The molecule has 1 aromatic carbocycles. The molecule has 0 spiro atoms. The fourth-order valence-electron chi connectivity index (χ4n) is 2.52. The van der Waals surface area contributed by atoms with Crippen LogP contribution in [0.1, 0.15) is 42.5 Å². The van der Waals surface area contributed by atoms with Crippen LogP contribution in [-0.2, 0) is 6.54 Å². The molecule has 1 aliphatic rings. The van der Waals surface area contributed by atoms with Gasteiger partial charge in [-0.1, -0.05) is 6.92 Å². The van der Waals surface area contributed by atoms with Gasteiger partial charge in [-0.15, -0.1) is 11.3 Å². The molecule has 1 nitrogen and oxygen atoms in total. The maximum absolute atomic E-state index is 14.0. The standard InChI is InChI=1S/C15H17F2NS/c1-2-7-18-8-12-13(9-3-4-9)14-10(16)5-6-11(17)15(14)19-12/h5-6,9,18H,2-4,7-8H2,1H3. The third-order valence-electron chi connectivity index (χ3n) is 3.55. The topological polar surface area (TPSA) is 12.0 Å². The molecule has 1 aromatic heterocycles. The first-order valence-electron chi connectivity index (χ1n) is 6.82. The zero-order valence-electron chi connectivity index (χ0n) is 10.9. The highest BCUT2D eigenvalue weighted by molar-refractivity contribution is 7.19. The van der Waals surface area contributed by atoms with E-state index in [2.05, 4.69) is 12.2 Å². The van der Waals surface area contributed by atoms with Crippen molar-refractivity contribution in [3.63, 3.8) is 0 Å². The van der Waals surface area contributed by atoms with Crippen LogP contribution in [0, 0.1) is 11.6 Å². The second kappa shape index (κ2) is 5.17. The first-order valence-corrected chi connectivity index (χ1v) is 7.64. The minimum Gasteiger partial charge on any atom is -0.312 e. The van der Waals surface area contributed by atoms with E-state index in [1.165, 1.54) is 23.5 Å². The molecule has 1 fully saturated rings. The van der Waals surface area contributed by atoms with Crippen LogP contribution in [-0.4, -0.2) is 6.54 Å². The predicted octanol–water partition coefficient (Wildman–Crippen LogP) is 4.56. The summed E-state index contributed by atoms with van der Waals surface area (Å²) in [6, 6.07) is 2.48. The summed E-state index contributed by atoms with van der Waals surface area (Å²) in [4.78, 5) is 1.11. The third kappa shape index (κ3) is 2.39. The number of rotatable bonds is 5. The molecule has 3 rings (SSSR count). The molecule has 0 unspecified atom stereocenters. The molecule has 0 radical (unpaired) electrons. The summed E-state index contributed by atoms with van der Waals surface area (Å²) in [5.41, 5.74) is 1.06. The van der Waals surface area contributed by atoms with Crippen molar-refractivity contribution in [3.8, 4) is 0 Å². The summed E-state index contributed by atoms with van der Waals surface area (Å²) >= 11 is 1.41. The maximum atomic E-state index is 14.0.